The molecule has 1 saturated heterocycles. The van der Waals surface area contributed by atoms with Crippen LogP contribution in [0.4, 0.5) is 5.82 Å². The van der Waals surface area contributed by atoms with Crippen LogP contribution in [0.15, 0.2) is 12.1 Å². The number of carboxylic acids is 1. The molecule has 1 aliphatic heterocycles. The molecule has 0 saturated carbocycles. The fraction of sp³-hybridized carbons (Fsp3) is 0.400. The SMILES string of the molecule is O=C(O)c1ccc(Cl)nc1N1CCOCC1. The molecule has 2 rings (SSSR count). The first-order valence-electron chi connectivity index (χ1n) is 4.91. The number of aromatic nitrogens is 1. The Balaban J connectivity index is 2.36. The van der Waals surface area contributed by atoms with Gasteiger partial charge in [-0.2, -0.15) is 0 Å². The maximum atomic E-state index is 11.0. The molecule has 0 aliphatic carbocycles. The summed E-state index contributed by atoms with van der Waals surface area (Å²) in [7, 11) is 0. The largest absolute Gasteiger partial charge is 0.478 e. The number of rotatable bonds is 2. The second-order valence-electron chi connectivity index (χ2n) is 3.41. The number of carbonyl (C=O) groups is 1. The lowest BCUT2D eigenvalue weighted by Crippen LogP contribution is -2.37. The molecule has 2 heterocycles. The molecule has 6 heteroatoms. The first kappa shape index (κ1) is 11.2. The van der Waals surface area contributed by atoms with Gasteiger partial charge in [0.1, 0.15) is 16.5 Å². The molecule has 1 aromatic rings. The molecule has 16 heavy (non-hydrogen) atoms. The molecule has 0 amide bonds. The zero-order chi connectivity index (χ0) is 11.5. The minimum atomic E-state index is -0.995. The topological polar surface area (TPSA) is 62.7 Å². The zero-order valence-corrected chi connectivity index (χ0v) is 9.28. The van der Waals surface area contributed by atoms with Gasteiger partial charge in [0.05, 0.1) is 13.2 Å². The van der Waals surface area contributed by atoms with Gasteiger partial charge in [-0.1, -0.05) is 11.6 Å². The van der Waals surface area contributed by atoms with E-state index in [0.29, 0.717) is 37.3 Å². The highest BCUT2D eigenvalue weighted by molar-refractivity contribution is 6.29. The quantitative estimate of drug-likeness (QED) is 0.792. The summed E-state index contributed by atoms with van der Waals surface area (Å²) < 4.78 is 5.20. The molecule has 0 atom stereocenters. The number of carboxylic acid groups (broad SMARTS) is 1. The number of halogens is 1. The summed E-state index contributed by atoms with van der Waals surface area (Å²) in [5.41, 5.74) is 0.173. The van der Waals surface area contributed by atoms with Gasteiger partial charge in [-0.25, -0.2) is 9.78 Å². The second-order valence-corrected chi connectivity index (χ2v) is 3.80. The van der Waals surface area contributed by atoms with Crippen LogP contribution in [0, 0.1) is 0 Å². The zero-order valence-electron chi connectivity index (χ0n) is 8.52. The normalized spacial score (nSPS) is 16.2. The number of hydrogen-bond donors (Lipinski definition) is 1. The molecule has 0 bridgehead atoms. The van der Waals surface area contributed by atoms with Crippen molar-refractivity contribution >= 4 is 23.4 Å². The Kier molecular flexibility index (Phi) is 3.26. The standard InChI is InChI=1S/C10H11ClN2O3/c11-8-2-1-7(10(14)15)9(12-8)13-3-5-16-6-4-13/h1-2H,3-6H2,(H,14,15). The highest BCUT2D eigenvalue weighted by Gasteiger charge is 2.20. The Morgan fingerprint density at radius 2 is 2.12 bits per heavy atom. The summed E-state index contributed by atoms with van der Waals surface area (Å²) in [5.74, 6) is -0.575. The van der Waals surface area contributed by atoms with E-state index in [4.69, 9.17) is 21.4 Å². The summed E-state index contributed by atoms with van der Waals surface area (Å²) in [4.78, 5) is 17.0. The molecule has 0 radical (unpaired) electrons. The fourth-order valence-electron chi connectivity index (χ4n) is 1.61. The van der Waals surface area contributed by atoms with E-state index in [1.54, 1.807) is 0 Å². The summed E-state index contributed by atoms with van der Waals surface area (Å²) in [6.07, 6.45) is 0. The second kappa shape index (κ2) is 4.67. The molecule has 1 aliphatic rings. The van der Waals surface area contributed by atoms with Crippen LogP contribution in [0.3, 0.4) is 0 Å². The number of pyridine rings is 1. The van der Waals surface area contributed by atoms with E-state index in [1.807, 2.05) is 4.90 Å². The lowest BCUT2D eigenvalue weighted by Gasteiger charge is -2.28. The number of anilines is 1. The maximum Gasteiger partial charge on any atom is 0.339 e. The Labute approximate surface area is 97.6 Å². The minimum absolute atomic E-state index is 0.173. The van der Waals surface area contributed by atoms with Crippen LogP contribution in [0.1, 0.15) is 10.4 Å². The average molecular weight is 243 g/mol. The number of morpholine rings is 1. The molecule has 86 valence electrons. The van der Waals surface area contributed by atoms with Crippen molar-refractivity contribution in [2.75, 3.05) is 31.2 Å². The van der Waals surface area contributed by atoms with E-state index in [2.05, 4.69) is 4.98 Å². The molecule has 0 unspecified atom stereocenters. The Bertz CT molecular complexity index is 405. The van der Waals surface area contributed by atoms with Gasteiger partial charge in [0.25, 0.3) is 0 Å². The first-order chi connectivity index (χ1) is 7.68. The number of aromatic carboxylic acids is 1. The lowest BCUT2D eigenvalue weighted by atomic mass is 10.2. The lowest BCUT2D eigenvalue weighted by molar-refractivity contribution is 0.0696. The van der Waals surface area contributed by atoms with E-state index in [1.165, 1.54) is 12.1 Å². The van der Waals surface area contributed by atoms with Gasteiger partial charge in [-0.05, 0) is 12.1 Å². The Hall–Kier alpha value is -1.33. The van der Waals surface area contributed by atoms with Crippen molar-refractivity contribution in [1.29, 1.82) is 0 Å². The van der Waals surface area contributed by atoms with E-state index in [9.17, 15) is 4.79 Å². The van der Waals surface area contributed by atoms with E-state index < -0.39 is 5.97 Å². The van der Waals surface area contributed by atoms with Gasteiger partial charge in [0.15, 0.2) is 0 Å². The number of ether oxygens (including phenoxy) is 1. The highest BCUT2D eigenvalue weighted by Crippen LogP contribution is 2.21. The van der Waals surface area contributed by atoms with Crippen molar-refractivity contribution in [3.05, 3.63) is 22.8 Å². The molecule has 5 nitrogen and oxygen atoms in total. The van der Waals surface area contributed by atoms with Crippen LogP contribution in [-0.4, -0.2) is 42.4 Å². The van der Waals surface area contributed by atoms with Crippen molar-refractivity contribution in [1.82, 2.24) is 4.98 Å². The van der Waals surface area contributed by atoms with Crippen molar-refractivity contribution in [3.63, 3.8) is 0 Å². The van der Waals surface area contributed by atoms with Gasteiger partial charge in [0.2, 0.25) is 0 Å². The van der Waals surface area contributed by atoms with Crippen LogP contribution >= 0.6 is 11.6 Å². The van der Waals surface area contributed by atoms with Gasteiger partial charge in [-0.15, -0.1) is 0 Å². The molecule has 0 aromatic carbocycles. The predicted octanol–water partition coefficient (Wildman–Crippen LogP) is 1.27. The molecule has 0 spiro atoms. The van der Waals surface area contributed by atoms with Crippen LogP contribution in [0.25, 0.3) is 0 Å². The first-order valence-corrected chi connectivity index (χ1v) is 5.29. The van der Waals surface area contributed by atoms with Crippen molar-refractivity contribution in [2.45, 2.75) is 0 Å². The molecule has 1 aromatic heterocycles. The summed E-state index contributed by atoms with van der Waals surface area (Å²) in [6, 6.07) is 2.96. The monoisotopic (exact) mass is 242 g/mol. The van der Waals surface area contributed by atoms with Crippen molar-refractivity contribution < 1.29 is 14.6 Å². The fourth-order valence-corrected chi connectivity index (χ4v) is 1.75. The molecule has 1 fully saturated rings. The summed E-state index contributed by atoms with van der Waals surface area (Å²) >= 11 is 5.78. The predicted molar refractivity (Wildman–Crippen MR) is 59.2 cm³/mol. The molecule has 1 N–H and O–H groups in total. The Morgan fingerprint density at radius 1 is 1.44 bits per heavy atom. The highest BCUT2D eigenvalue weighted by atomic mass is 35.5. The van der Waals surface area contributed by atoms with Crippen molar-refractivity contribution in [3.8, 4) is 0 Å². The van der Waals surface area contributed by atoms with Gasteiger partial charge >= 0.3 is 5.97 Å². The average Bonchev–Trinajstić information content (AvgIpc) is 2.29. The van der Waals surface area contributed by atoms with Gasteiger partial charge in [-0.3, -0.25) is 0 Å². The molecular formula is C10H11ClN2O3. The van der Waals surface area contributed by atoms with Gasteiger partial charge < -0.3 is 14.7 Å². The third kappa shape index (κ3) is 2.25. The van der Waals surface area contributed by atoms with Crippen LogP contribution in [-0.2, 0) is 4.74 Å². The maximum absolute atomic E-state index is 11.0. The number of hydrogen-bond acceptors (Lipinski definition) is 4. The van der Waals surface area contributed by atoms with Crippen LogP contribution in [0.2, 0.25) is 5.15 Å². The third-order valence-corrected chi connectivity index (χ3v) is 2.59. The molecular weight excluding hydrogens is 232 g/mol. The smallest absolute Gasteiger partial charge is 0.339 e. The summed E-state index contributed by atoms with van der Waals surface area (Å²) in [5, 5.41) is 9.34. The van der Waals surface area contributed by atoms with Crippen LogP contribution < -0.4 is 4.90 Å². The minimum Gasteiger partial charge on any atom is -0.478 e. The Morgan fingerprint density at radius 3 is 2.75 bits per heavy atom. The third-order valence-electron chi connectivity index (χ3n) is 2.38. The number of nitrogens with zero attached hydrogens (tertiary/aromatic N) is 2. The van der Waals surface area contributed by atoms with Crippen molar-refractivity contribution in [2.24, 2.45) is 0 Å². The van der Waals surface area contributed by atoms with E-state index in [-0.39, 0.29) is 5.56 Å². The van der Waals surface area contributed by atoms with Crippen LogP contribution in [0.5, 0.6) is 0 Å². The van der Waals surface area contributed by atoms with Gasteiger partial charge in [0, 0.05) is 13.1 Å². The van der Waals surface area contributed by atoms with E-state index >= 15 is 0 Å². The summed E-state index contributed by atoms with van der Waals surface area (Å²) in [6.45, 7) is 2.42. The van der Waals surface area contributed by atoms with E-state index in [0.717, 1.165) is 0 Å².